The van der Waals surface area contributed by atoms with Crippen molar-refractivity contribution >= 4 is 17.5 Å². The van der Waals surface area contributed by atoms with Crippen LogP contribution in [0.3, 0.4) is 0 Å². The fraction of sp³-hybridized carbons (Fsp3) is 0.154. The second-order valence-corrected chi connectivity index (χ2v) is 4.60. The van der Waals surface area contributed by atoms with E-state index in [4.69, 9.17) is 17.4 Å². The molecule has 2 rings (SSSR count). The monoisotopic (exact) mass is 281 g/mol. The number of nitrogens with one attached hydrogen (secondary N) is 1. The average Bonchev–Trinajstić information content (AvgIpc) is 2.68. The van der Waals surface area contributed by atoms with E-state index >= 15 is 0 Å². The van der Waals surface area contributed by atoms with Crippen LogP contribution in [-0.2, 0) is 0 Å². The number of amides is 1. The summed E-state index contributed by atoms with van der Waals surface area (Å²) in [4.78, 5) is 11.6. The predicted molar refractivity (Wildman–Crippen MR) is 71.9 cm³/mol. The van der Waals surface area contributed by atoms with Crippen LogP contribution >= 0.6 is 11.6 Å². The second kappa shape index (κ2) is 5.03. The number of nitrogens with two attached hydrogens (primary N) is 1. The normalized spacial score (nSPS) is 10.6. The lowest BCUT2D eigenvalue weighted by molar-refractivity contribution is 0.0953. The summed E-state index contributed by atoms with van der Waals surface area (Å²) in [5.41, 5.74) is 4.80. The van der Waals surface area contributed by atoms with Crippen molar-refractivity contribution in [2.45, 2.75) is 13.8 Å². The van der Waals surface area contributed by atoms with Crippen molar-refractivity contribution in [2.24, 2.45) is 5.84 Å². The van der Waals surface area contributed by atoms with Gasteiger partial charge in [-0.05, 0) is 38.1 Å². The van der Waals surface area contributed by atoms with Crippen molar-refractivity contribution in [2.75, 3.05) is 0 Å². The van der Waals surface area contributed by atoms with Crippen LogP contribution in [0.2, 0.25) is 5.02 Å². The van der Waals surface area contributed by atoms with Gasteiger partial charge in [0.15, 0.2) is 0 Å². The first-order valence-corrected chi connectivity index (χ1v) is 5.98. The maximum atomic E-state index is 13.2. The number of halogens is 2. The number of nitrogen functional groups attached to an aromatic ring is 1. The van der Waals surface area contributed by atoms with Crippen LogP contribution in [0.5, 0.6) is 0 Å². The molecule has 0 bridgehead atoms. The van der Waals surface area contributed by atoms with Gasteiger partial charge >= 0.3 is 0 Å². The van der Waals surface area contributed by atoms with Crippen molar-refractivity contribution in [3.63, 3.8) is 0 Å². The molecule has 2 aromatic rings. The molecule has 1 aromatic heterocycles. The number of hydrazine groups is 1. The summed E-state index contributed by atoms with van der Waals surface area (Å²) in [6.45, 7) is 3.63. The number of benzene rings is 1. The highest BCUT2D eigenvalue weighted by Gasteiger charge is 2.16. The quantitative estimate of drug-likeness (QED) is 0.505. The van der Waals surface area contributed by atoms with E-state index in [9.17, 15) is 9.18 Å². The standard InChI is InChI=1S/C13H13ClFN3O/c1-7-5-10(13(19)17-16)8(2)18(7)9-3-4-12(15)11(14)6-9/h3-6H,16H2,1-2H3,(H,17,19). The number of nitrogens with zero attached hydrogens (tertiary/aromatic N) is 1. The highest BCUT2D eigenvalue weighted by Crippen LogP contribution is 2.24. The smallest absolute Gasteiger partial charge is 0.267 e. The van der Waals surface area contributed by atoms with Crippen molar-refractivity contribution in [3.05, 3.63) is 52.1 Å². The molecule has 0 atom stereocenters. The molecule has 0 radical (unpaired) electrons. The second-order valence-electron chi connectivity index (χ2n) is 4.19. The summed E-state index contributed by atoms with van der Waals surface area (Å²) < 4.78 is 15.0. The Hall–Kier alpha value is -1.85. The molecular weight excluding hydrogens is 269 g/mol. The molecule has 1 heterocycles. The number of aryl methyl sites for hydroxylation is 1. The minimum Gasteiger partial charge on any atom is -0.318 e. The maximum Gasteiger partial charge on any atom is 0.267 e. The molecule has 0 spiro atoms. The van der Waals surface area contributed by atoms with E-state index in [1.807, 2.05) is 11.5 Å². The lowest BCUT2D eigenvalue weighted by Gasteiger charge is -2.10. The number of carbonyl (C=O) groups is 1. The minimum absolute atomic E-state index is 0.0369. The third-order valence-electron chi connectivity index (χ3n) is 2.97. The molecule has 0 aliphatic heterocycles. The van der Waals surface area contributed by atoms with Crippen LogP contribution in [0.4, 0.5) is 4.39 Å². The van der Waals surface area contributed by atoms with Gasteiger partial charge in [0.25, 0.3) is 5.91 Å². The van der Waals surface area contributed by atoms with Crippen LogP contribution < -0.4 is 11.3 Å². The summed E-state index contributed by atoms with van der Waals surface area (Å²) in [5.74, 6) is 4.29. The molecule has 0 aliphatic rings. The molecule has 0 unspecified atom stereocenters. The minimum atomic E-state index is -0.479. The lowest BCUT2D eigenvalue weighted by Crippen LogP contribution is -2.30. The molecule has 100 valence electrons. The summed E-state index contributed by atoms with van der Waals surface area (Å²) in [7, 11) is 0. The van der Waals surface area contributed by atoms with Gasteiger partial charge in [-0.1, -0.05) is 11.6 Å². The van der Waals surface area contributed by atoms with Crippen LogP contribution in [0, 0.1) is 19.7 Å². The van der Waals surface area contributed by atoms with Crippen LogP contribution in [0.25, 0.3) is 5.69 Å². The Morgan fingerprint density at radius 3 is 2.63 bits per heavy atom. The van der Waals surface area contributed by atoms with Crippen LogP contribution in [0.15, 0.2) is 24.3 Å². The first-order chi connectivity index (χ1) is 8.95. The SMILES string of the molecule is Cc1cc(C(=O)NN)c(C)n1-c1ccc(F)c(Cl)c1. The molecule has 1 aromatic carbocycles. The maximum absolute atomic E-state index is 13.2. The van der Waals surface area contributed by atoms with Gasteiger partial charge in [-0.3, -0.25) is 10.2 Å². The summed E-state index contributed by atoms with van der Waals surface area (Å²) in [5, 5.41) is 0.0369. The number of rotatable bonds is 2. The van der Waals surface area contributed by atoms with E-state index in [0.29, 0.717) is 16.9 Å². The summed E-state index contributed by atoms with van der Waals surface area (Å²) in [6.07, 6.45) is 0. The van der Waals surface area contributed by atoms with Crippen molar-refractivity contribution in [3.8, 4) is 5.69 Å². The van der Waals surface area contributed by atoms with E-state index in [2.05, 4.69) is 5.43 Å². The Morgan fingerprint density at radius 1 is 1.37 bits per heavy atom. The Balaban J connectivity index is 2.59. The molecule has 0 fully saturated rings. The zero-order chi connectivity index (χ0) is 14.2. The van der Waals surface area contributed by atoms with E-state index in [0.717, 1.165) is 5.69 Å². The topological polar surface area (TPSA) is 60.1 Å². The molecule has 6 heteroatoms. The predicted octanol–water partition coefficient (Wildman–Crippen LogP) is 2.49. The molecule has 0 saturated carbocycles. The first-order valence-electron chi connectivity index (χ1n) is 5.61. The molecule has 0 aliphatic carbocycles. The third-order valence-corrected chi connectivity index (χ3v) is 3.26. The van der Waals surface area contributed by atoms with Gasteiger partial charge in [0, 0.05) is 17.1 Å². The Labute approximate surface area is 114 Å². The van der Waals surface area contributed by atoms with Gasteiger partial charge in [-0.15, -0.1) is 0 Å². The number of hydrogen-bond donors (Lipinski definition) is 2. The number of aromatic nitrogens is 1. The van der Waals surface area contributed by atoms with Gasteiger partial charge in [-0.25, -0.2) is 10.2 Å². The van der Waals surface area contributed by atoms with Gasteiger partial charge in [0.1, 0.15) is 5.82 Å². The van der Waals surface area contributed by atoms with Crippen molar-refractivity contribution in [1.29, 1.82) is 0 Å². The molecule has 3 N–H and O–H groups in total. The lowest BCUT2D eigenvalue weighted by atomic mass is 10.2. The Kier molecular flexibility index (Phi) is 3.59. The van der Waals surface area contributed by atoms with E-state index in [-0.39, 0.29) is 10.9 Å². The first kappa shape index (κ1) is 13.6. The fourth-order valence-electron chi connectivity index (χ4n) is 2.09. The highest BCUT2D eigenvalue weighted by atomic mass is 35.5. The fourth-order valence-corrected chi connectivity index (χ4v) is 2.27. The van der Waals surface area contributed by atoms with Crippen molar-refractivity contribution < 1.29 is 9.18 Å². The van der Waals surface area contributed by atoms with Gasteiger partial charge in [0.05, 0.1) is 10.6 Å². The van der Waals surface area contributed by atoms with Gasteiger partial charge < -0.3 is 4.57 Å². The van der Waals surface area contributed by atoms with E-state index in [1.54, 1.807) is 19.1 Å². The Bertz CT molecular complexity index is 652. The molecule has 4 nitrogen and oxygen atoms in total. The third kappa shape index (κ3) is 2.34. The molecule has 0 saturated heterocycles. The van der Waals surface area contributed by atoms with Crippen molar-refractivity contribution in [1.82, 2.24) is 9.99 Å². The van der Waals surface area contributed by atoms with Gasteiger partial charge in [0.2, 0.25) is 0 Å². The van der Waals surface area contributed by atoms with E-state index < -0.39 is 5.82 Å². The summed E-state index contributed by atoms with van der Waals surface area (Å²) >= 11 is 5.78. The molecular formula is C13H13ClFN3O. The Morgan fingerprint density at radius 2 is 2.05 bits per heavy atom. The molecule has 1 amide bonds. The van der Waals surface area contributed by atoms with Crippen LogP contribution in [0.1, 0.15) is 21.7 Å². The number of carbonyl (C=O) groups excluding carboxylic acids is 1. The molecule has 19 heavy (non-hydrogen) atoms. The zero-order valence-corrected chi connectivity index (χ0v) is 11.3. The van der Waals surface area contributed by atoms with Crippen LogP contribution in [-0.4, -0.2) is 10.5 Å². The largest absolute Gasteiger partial charge is 0.318 e. The zero-order valence-electron chi connectivity index (χ0n) is 10.5. The van der Waals surface area contributed by atoms with Gasteiger partial charge in [-0.2, -0.15) is 0 Å². The summed E-state index contributed by atoms with van der Waals surface area (Å²) in [6, 6.07) is 6.13. The van der Waals surface area contributed by atoms with E-state index in [1.165, 1.54) is 12.1 Å². The highest BCUT2D eigenvalue weighted by molar-refractivity contribution is 6.30. The average molecular weight is 282 g/mol. The number of hydrogen-bond acceptors (Lipinski definition) is 2.